The summed E-state index contributed by atoms with van der Waals surface area (Å²) in [6.45, 7) is 5.16. The number of carbonyl (C=O) groups is 1. The van der Waals surface area contributed by atoms with Gasteiger partial charge in [-0.1, -0.05) is 32.1 Å². The van der Waals surface area contributed by atoms with Gasteiger partial charge in [-0.15, -0.1) is 0 Å². The van der Waals surface area contributed by atoms with Crippen molar-refractivity contribution in [2.75, 3.05) is 33.4 Å². The van der Waals surface area contributed by atoms with Crippen LogP contribution in [0.15, 0.2) is 4.99 Å². The number of guanidine groups is 1. The fourth-order valence-corrected chi connectivity index (χ4v) is 4.36. The molecule has 0 spiro atoms. The van der Waals surface area contributed by atoms with E-state index in [1.165, 1.54) is 44.9 Å². The van der Waals surface area contributed by atoms with Gasteiger partial charge in [0.25, 0.3) is 0 Å². The van der Waals surface area contributed by atoms with Crippen molar-refractivity contribution in [1.82, 2.24) is 16.0 Å². The van der Waals surface area contributed by atoms with Gasteiger partial charge in [0.15, 0.2) is 5.96 Å². The first-order valence-corrected chi connectivity index (χ1v) is 11.0. The van der Waals surface area contributed by atoms with Crippen molar-refractivity contribution >= 4 is 11.9 Å². The molecular weight excluding hydrogens is 340 g/mol. The standard InChI is InChI=1S/C21H40N4O2/c1-3-22-20(24-17-21(14-16-27-2)12-7-8-13-21)23-15-11-19(26)25-18-9-5-4-6-10-18/h18H,3-17H2,1-2H3,(H,25,26)(H2,22,23,24). The minimum atomic E-state index is 0.151. The topological polar surface area (TPSA) is 74.8 Å². The number of hydrogen-bond acceptors (Lipinski definition) is 3. The zero-order chi connectivity index (χ0) is 19.4. The monoisotopic (exact) mass is 380 g/mol. The van der Waals surface area contributed by atoms with Crippen molar-refractivity contribution in [2.24, 2.45) is 10.4 Å². The highest BCUT2D eigenvalue weighted by Gasteiger charge is 2.33. The third-order valence-electron chi connectivity index (χ3n) is 6.03. The van der Waals surface area contributed by atoms with E-state index in [1.807, 2.05) is 0 Å². The molecule has 0 aromatic rings. The molecule has 0 saturated heterocycles. The second kappa shape index (κ2) is 12.2. The SMILES string of the molecule is CCNC(=NCC1(CCOC)CCCC1)NCCC(=O)NC1CCCCC1. The minimum absolute atomic E-state index is 0.151. The number of ether oxygens (including phenoxy) is 1. The van der Waals surface area contributed by atoms with Crippen molar-refractivity contribution in [1.29, 1.82) is 0 Å². The Balaban J connectivity index is 1.76. The summed E-state index contributed by atoms with van der Waals surface area (Å²) in [5, 5.41) is 9.82. The Morgan fingerprint density at radius 3 is 2.52 bits per heavy atom. The van der Waals surface area contributed by atoms with E-state index in [2.05, 4.69) is 22.9 Å². The summed E-state index contributed by atoms with van der Waals surface area (Å²) in [6.07, 6.45) is 12.7. The number of methoxy groups -OCH3 is 1. The highest BCUT2D eigenvalue weighted by Crippen LogP contribution is 2.41. The molecule has 0 heterocycles. The van der Waals surface area contributed by atoms with Crippen LogP contribution in [-0.2, 0) is 9.53 Å². The fraction of sp³-hybridized carbons (Fsp3) is 0.905. The molecule has 0 aromatic carbocycles. The molecule has 2 aliphatic rings. The fourth-order valence-electron chi connectivity index (χ4n) is 4.36. The quantitative estimate of drug-likeness (QED) is 0.402. The third kappa shape index (κ3) is 8.08. The average molecular weight is 381 g/mol. The van der Waals surface area contributed by atoms with Crippen LogP contribution >= 0.6 is 0 Å². The molecule has 0 aliphatic heterocycles. The first kappa shape index (κ1) is 22.0. The Bertz CT molecular complexity index is 455. The van der Waals surface area contributed by atoms with E-state index >= 15 is 0 Å². The third-order valence-corrected chi connectivity index (χ3v) is 6.03. The van der Waals surface area contributed by atoms with Gasteiger partial charge in [0.1, 0.15) is 0 Å². The van der Waals surface area contributed by atoms with Gasteiger partial charge in [0.2, 0.25) is 5.91 Å². The number of nitrogens with one attached hydrogen (secondary N) is 3. The molecule has 3 N–H and O–H groups in total. The van der Waals surface area contributed by atoms with E-state index in [9.17, 15) is 4.79 Å². The van der Waals surface area contributed by atoms with Gasteiger partial charge in [-0.2, -0.15) is 0 Å². The summed E-state index contributed by atoms with van der Waals surface area (Å²) in [5.41, 5.74) is 0.288. The summed E-state index contributed by atoms with van der Waals surface area (Å²) in [6, 6.07) is 0.385. The van der Waals surface area contributed by atoms with Crippen molar-refractivity contribution in [3.63, 3.8) is 0 Å². The largest absolute Gasteiger partial charge is 0.385 e. The molecule has 0 unspecified atom stereocenters. The maximum atomic E-state index is 12.2. The lowest BCUT2D eigenvalue weighted by molar-refractivity contribution is -0.121. The van der Waals surface area contributed by atoms with Crippen molar-refractivity contribution in [3.8, 4) is 0 Å². The van der Waals surface area contributed by atoms with Gasteiger partial charge < -0.3 is 20.7 Å². The highest BCUT2D eigenvalue weighted by atomic mass is 16.5. The van der Waals surface area contributed by atoms with Gasteiger partial charge in [-0.05, 0) is 44.4 Å². The Morgan fingerprint density at radius 1 is 1.11 bits per heavy atom. The van der Waals surface area contributed by atoms with Crippen LogP contribution in [0.2, 0.25) is 0 Å². The maximum Gasteiger partial charge on any atom is 0.221 e. The van der Waals surface area contributed by atoms with Gasteiger partial charge in [0, 0.05) is 45.8 Å². The van der Waals surface area contributed by atoms with Gasteiger partial charge >= 0.3 is 0 Å². The molecule has 2 rings (SSSR count). The van der Waals surface area contributed by atoms with E-state index in [4.69, 9.17) is 9.73 Å². The molecule has 0 radical (unpaired) electrons. The number of amides is 1. The molecule has 6 heteroatoms. The lowest BCUT2D eigenvalue weighted by atomic mass is 9.83. The Labute approximate surface area is 165 Å². The number of aliphatic imine (C=N–C) groups is 1. The molecule has 6 nitrogen and oxygen atoms in total. The van der Waals surface area contributed by atoms with Crippen molar-refractivity contribution in [2.45, 2.75) is 83.6 Å². The molecule has 156 valence electrons. The van der Waals surface area contributed by atoms with Crippen LogP contribution in [0.3, 0.4) is 0 Å². The van der Waals surface area contributed by atoms with Gasteiger partial charge in [0.05, 0.1) is 0 Å². The van der Waals surface area contributed by atoms with Crippen molar-refractivity contribution < 1.29 is 9.53 Å². The lowest BCUT2D eigenvalue weighted by Crippen LogP contribution is -2.41. The van der Waals surface area contributed by atoms with Crippen LogP contribution in [0.1, 0.15) is 77.6 Å². The van der Waals surface area contributed by atoms with E-state index in [1.54, 1.807) is 7.11 Å². The van der Waals surface area contributed by atoms with Crippen LogP contribution in [0, 0.1) is 5.41 Å². The van der Waals surface area contributed by atoms with Gasteiger partial charge in [-0.3, -0.25) is 9.79 Å². The summed E-state index contributed by atoms with van der Waals surface area (Å²) in [7, 11) is 1.77. The number of nitrogens with zero attached hydrogens (tertiary/aromatic N) is 1. The Morgan fingerprint density at radius 2 is 1.85 bits per heavy atom. The summed E-state index contributed by atoms with van der Waals surface area (Å²) in [5.74, 6) is 0.976. The summed E-state index contributed by atoms with van der Waals surface area (Å²) in [4.78, 5) is 17.0. The maximum absolute atomic E-state index is 12.2. The lowest BCUT2D eigenvalue weighted by Gasteiger charge is -2.27. The molecule has 0 bridgehead atoms. The van der Waals surface area contributed by atoms with E-state index in [0.717, 1.165) is 44.9 Å². The van der Waals surface area contributed by atoms with Crippen LogP contribution in [0.5, 0.6) is 0 Å². The second-order valence-corrected chi connectivity index (χ2v) is 8.22. The van der Waals surface area contributed by atoms with Crippen LogP contribution in [-0.4, -0.2) is 51.3 Å². The predicted octanol–water partition coefficient (Wildman–Crippen LogP) is 2.98. The van der Waals surface area contributed by atoms with Crippen LogP contribution in [0.4, 0.5) is 0 Å². The Hall–Kier alpha value is -1.30. The van der Waals surface area contributed by atoms with Crippen LogP contribution < -0.4 is 16.0 Å². The molecule has 1 amide bonds. The molecular formula is C21H40N4O2. The van der Waals surface area contributed by atoms with E-state index < -0.39 is 0 Å². The molecule has 27 heavy (non-hydrogen) atoms. The summed E-state index contributed by atoms with van der Waals surface area (Å²) >= 11 is 0. The number of rotatable bonds is 10. The normalized spacial score (nSPS) is 20.4. The average Bonchev–Trinajstić information content (AvgIpc) is 3.14. The van der Waals surface area contributed by atoms with E-state index in [-0.39, 0.29) is 11.3 Å². The number of carbonyl (C=O) groups excluding carboxylic acids is 1. The molecule has 0 aromatic heterocycles. The predicted molar refractivity (Wildman–Crippen MR) is 111 cm³/mol. The van der Waals surface area contributed by atoms with Crippen LogP contribution in [0.25, 0.3) is 0 Å². The zero-order valence-corrected chi connectivity index (χ0v) is 17.4. The second-order valence-electron chi connectivity index (χ2n) is 8.22. The zero-order valence-electron chi connectivity index (χ0n) is 17.4. The smallest absolute Gasteiger partial charge is 0.221 e. The minimum Gasteiger partial charge on any atom is -0.385 e. The molecule has 2 aliphatic carbocycles. The highest BCUT2D eigenvalue weighted by molar-refractivity contribution is 5.81. The van der Waals surface area contributed by atoms with Gasteiger partial charge in [-0.25, -0.2) is 0 Å². The first-order valence-electron chi connectivity index (χ1n) is 11.0. The summed E-state index contributed by atoms with van der Waals surface area (Å²) < 4.78 is 5.31. The first-order chi connectivity index (χ1) is 13.2. The Kier molecular flexibility index (Phi) is 9.95. The molecule has 2 saturated carbocycles. The van der Waals surface area contributed by atoms with Crippen molar-refractivity contribution in [3.05, 3.63) is 0 Å². The molecule has 2 fully saturated rings. The molecule has 0 atom stereocenters. The number of hydrogen-bond donors (Lipinski definition) is 3. The van der Waals surface area contributed by atoms with E-state index in [0.29, 0.717) is 19.0 Å².